The predicted molar refractivity (Wildman–Crippen MR) is 80.9 cm³/mol. The molecule has 0 saturated heterocycles. The van der Waals surface area contributed by atoms with Gasteiger partial charge in [0.15, 0.2) is 0 Å². The summed E-state index contributed by atoms with van der Waals surface area (Å²) in [4.78, 5) is 1.02. The lowest BCUT2D eigenvalue weighted by molar-refractivity contribution is 0.263. The summed E-state index contributed by atoms with van der Waals surface area (Å²) >= 11 is 1.31. The van der Waals surface area contributed by atoms with Crippen LogP contribution in [0.25, 0.3) is 0 Å². The molecule has 1 unspecified atom stereocenters. The lowest BCUT2D eigenvalue weighted by Crippen LogP contribution is -2.33. The van der Waals surface area contributed by atoms with Crippen molar-refractivity contribution in [2.75, 3.05) is 13.6 Å². The van der Waals surface area contributed by atoms with Gasteiger partial charge in [0, 0.05) is 18.0 Å². The summed E-state index contributed by atoms with van der Waals surface area (Å²) < 4.78 is 27.4. The molecule has 0 aromatic carbocycles. The Morgan fingerprint density at radius 3 is 2.47 bits per heavy atom. The zero-order valence-corrected chi connectivity index (χ0v) is 13.9. The van der Waals surface area contributed by atoms with Crippen LogP contribution in [-0.2, 0) is 16.6 Å². The van der Waals surface area contributed by atoms with Gasteiger partial charge in [-0.2, -0.15) is 0 Å². The minimum atomic E-state index is -3.37. The monoisotopic (exact) mass is 304 g/mol. The summed E-state index contributed by atoms with van der Waals surface area (Å²) in [5.74, 6) is 0.277. The van der Waals surface area contributed by atoms with Crippen molar-refractivity contribution in [2.24, 2.45) is 11.3 Å². The van der Waals surface area contributed by atoms with Gasteiger partial charge in [-0.25, -0.2) is 13.1 Å². The van der Waals surface area contributed by atoms with Gasteiger partial charge in [0.25, 0.3) is 0 Å². The summed E-state index contributed by atoms with van der Waals surface area (Å²) in [6, 6.07) is 3.52. The second kappa shape index (κ2) is 6.35. The molecule has 0 aliphatic carbocycles. The van der Waals surface area contributed by atoms with Gasteiger partial charge in [-0.1, -0.05) is 27.7 Å². The summed E-state index contributed by atoms with van der Waals surface area (Å²) in [6.45, 7) is 9.56. The first kappa shape index (κ1) is 16.6. The third-order valence-electron chi connectivity index (χ3n) is 3.31. The molecule has 0 aliphatic heterocycles. The highest BCUT2D eigenvalue weighted by molar-refractivity contribution is 7.91. The maximum atomic E-state index is 12.2. The summed E-state index contributed by atoms with van der Waals surface area (Å²) in [5.41, 5.74) is 0.0925. The van der Waals surface area contributed by atoms with E-state index in [-0.39, 0.29) is 11.3 Å². The first-order valence-electron chi connectivity index (χ1n) is 6.40. The maximum absolute atomic E-state index is 12.2. The highest BCUT2D eigenvalue weighted by Gasteiger charge is 2.23. The minimum absolute atomic E-state index is 0.0925. The van der Waals surface area contributed by atoms with Crippen LogP contribution in [0.15, 0.2) is 16.3 Å². The Kier molecular flexibility index (Phi) is 5.55. The molecule has 1 atom stereocenters. The van der Waals surface area contributed by atoms with Crippen molar-refractivity contribution in [1.29, 1.82) is 0 Å². The van der Waals surface area contributed by atoms with E-state index in [4.69, 9.17) is 0 Å². The van der Waals surface area contributed by atoms with E-state index in [1.807, 2.05) is 13.1 Å². The van der Waals surface area contributed by atoms with Crippen molar-refractivity contribution in [3.05, 3.63) is 17.0 Å². The molecule has 0 spiro atoms. The van der Waals surface area contributed by atoms with E-state index in [2.05, 4.69) is 37.7 Å². The van der Waals surface area contributed by atoms with E-state index in [0.717, 1.165) is 4.88 Å². The van der Waals surface area contributed by atoms with Crippen molar-refractivity contribution < 1.29 is 8.42 Å². The molecular weight excluding hydrogens is 280 g/mol. The number of rotatable bonds is 6. The Labute approximate surface area is 120 Å². The van der Waals surface area contributed by atoms with E-state index < -0.39 is 10.0 Å². The van der Waals surface area contributed by atoms with Gasteiger partial charge in [0.05, 0.1) is 0 Å². The van der Waals surface area contributed by atoms with E-state index in [9.17, 15) is 8.42 Å². The molecule has 4 nitrogen and oxygen atoms in total. The van der Waals surface area contributed by atoms with E-state index in [1.165, 1.54) is 11.3 Å². The second-order valence-corrected chi connectivity index (χ2v) is 9.03. The van der Waals surface area contributed by atoms with Crippen LogP contribution < -0.4 is 10.0 Å². The summed E-state index contributed by atoms with van der Waals surface area (Å²) in [7, 11) is -1.53. The zero-order valence-electron chi connectivity index (χ0n) is 12.3. The van der Waals surface area contributed by atoms with Gasteiger partial charge in [-0.15, -0.1) is 11.3 Å². The normalized spacial score (nSPS) is 14.6. The topological polar surface area (TPSA) is 58.2 Å². The molecule has 0 aliphatic rings. The van der Waals surface area contributed by atoms with Crippen molar-refractivity contribution in [3.63, 3.8) is 0 Å². The quantitative estimate of drug-likeness (QED) is 0.848. The van der Waals surface area contributed by atoms with Crippen molar-refractivity contribution in [1.82, 2.24) is 10.0 Å². The first-order valence-corrected chi connectivity index (χ1v) is 8.70. The molecule has 110 valence electrons. The van der Waals surface area contributed by atoms with Crippen molar-refractivity contribution in [3.8, 4) is 0 Å². The molecule has 0 bridgehead atoms. The van der Waals surface area contributed by atoms with Crippen LogP contribution in [0.3, 0.4) is 0 Å². The molecule has 0 fully saturated rings. The number of sulfonamides is 1. The van der Waals surface area contributed by atoms with E-state index in [1.54, 1.807) is 6.07 Å². The molecule has 1 aromatic rings. The third kappa shape index (κ3) is 4.87. The van der Waals surface area contributed by atoms with Crippen LogP contribution in [0, 0.1) is 11.3 Å². The predicted octanol–water partition coefficient (Wildman–Crippen LogP) is 2.43. The Morgan fingerprint density at radius 1 is 1.32 bits per heavy atom. The van der Waals surface area contributed by atoms with Gasteiger partial charge >= 0.3 is 0 Å². The number of nitrogens with one attached hydrogen (secondary N) is 2. The Morgan fingerprint density at radius 2 is 1.95 bits per heavy atom. The fourth-order valence-electron chi connectivity index (χ4n) is 1.38. The number of hydrogen-bond donors (Lipinski definition) is 2. The average molecular weight is 304 g/mol. The van der Waals surface area contributed by atoms with Crippen molar-refractivity contribution >= 4 is 21.4 Å². The number of hydrogen-bond acceptors (Lipinski definition) is 4. The first-order chi connectivity index (χ1) is 8.66. The molecule has 1 heterocycles. The van der Waals surface area contributed by atoms with Crippen LogP contribution in [0.1, 0.15) is 32.6 Å². The third-order valence-corrected chi connectivity index (χ3v) is 6.31. The fraction of sp³-hybridized carbons (Fsp3) is 0.692. The Balaban J connectivity index is 2.70. The smallest absolute Gasteiger partial charge is 0.250 e. The molecule has 19 heavy (non-hydrogen) atoms. The highest BCUT2D eigenvalue weighted by Crippen LogP contribution is 2.26. The lowest BCUT2D eigenvalue weighted by atomic mass is 9.82. The average Bonchev–Trinajstić information content (AvgIpc) is 2.74. The summed E-state index contributed by atoms with van der Waals surface area (Å²) in [5, 5.41) is 3.01. The zero-order chi connectivity index (χ0) is 14.7. The Hall–Kier alpha value is -0.430. The minimum Gasteiger partial charge on any atom is -0.315 e. The number of thiophene rings is 1. The fourth-order valence-corrected chi connectivity index (χ4v) is 3.93. The van der Waals surface area contributed by atoms with Crippen LogP contribution >= 0.6 is 11.3 Å². The van der Waals surface area contributed by atoms with Crippen LogP contribution in [-0.4, -0.2) is 22.0 Å². The van der Waals surface area contributed by atoms with Gasteiger partial charge in [-0.05, 0) is 30.5 Å². The Bertz CT molecular complexity index is 501. The van der Waals surface area contributed by atoms with Gasteiger partial charge < -0.3 is 5.32 Å². The van der Waals surface area contributed by atoms with Crippen LogP contribution in [0.5, 0.6) is 0 Å². The molecule has 0 radical (unpaired) electrons. The second-order valence-electron chi connectivity index (χ2n) is 5.87. The standard InChI is InChI=1S/C13H24N2O2S2/c1-10(13(2,3)4)8-15-19(16,17)12-7-6-11(18-12)9-14-5/h6-7,10,14-15H,8-9H2,1-5H3. The van der Waals surface area contributed by atoms with E-state index in [0.29, 0.717) is 17.3 Å². The molecule has 0 saturated carbocycles. The SMILES string of the molecule is CNCc1ccc(S(=O)(=O)NCC(C)C(C)(C)C)s1. The molecule has 1 aromatic heterocycles. The van der Waals surface area contributed by atoms with Gasteiger partial charge in [0.1, 0.15) is 4.21 Å². The maximum Gasteiger partial charge on any atom is 0.250 e. The lowest BCUT2D eigenvalue weighted by Gasteiger charge is -2.27. The highest BCUT2D eigenvalue weighted by atomic mass is 32.2. The molecular formula is C13H24N2O2S2. The van der Waals surface area contributed by atoms with Gasteiger partial charge in [-0.3, -0.25) is 0 Å². The summed E-state index contributed by atoms with van der Waals surface area (Å²) in [6.07, 6.45) is 0. The van der Waals surface area contributed by atoms with Crippen LogP contribution in [0.2, 0.25) is 0 Å². The van der Waals surface area contributed by atoms with E-state index >= 15 is 0 Å². The van der Waals surface area contributed by atoms with Crippen LogP contribution in [0.4, 0.5) is 0 Å². The molecule has 6 heteroatoms. The van der Waals surface area contributed by atoms with Crippen molar-refractivity contribution in [2.45, 2.75) is 38.4 Å². The molecule has 2 N–H and O–H groups in total. The largest absolute Gasteiger partial charge is 0.315 e. The van der Waals surface area contributed by atoms with Gasteiger partial charge in [0.2, 0.25) is 10.0 Å². The molecule has 0 amide bonds. The molecule has 1 rings (SSSR count).